The average molecular weight is 417 g/mol. The summed E-state index contributed by atoms with van der Waals surface area (Å²) in [4.78, 5) is 12.2. The minimum atomic E-state index is -0.0879. The van der Waals surface area contributed by atoms with Gasteiger partial charge in [-0.3, -0.25) is 4.79 Å². The molecule has 2 aromatic carbocycles. The summed E-state index contributed by atoms with van der Waals surface area (Å²) in [7, 11) is 1.84. The minimum absolute atomic E-state index is 0.0879. The van der Waals surface area contributed by atoms with E-state index in [1.165, 1.54) is 17.3 Å². The number of aromatic nitrogens is 3. The smallest absolute Gasteiger partial charge is 0.234 e. The summed E-state index contributed by atoms with van der Waals surface area (Å²) in [6.07, 6.45) is 0.927. The summed E-state index contributed by atoms with van der Waals surface area (Å²) in [5.74, 6) is 1.40. The van der Waals surface area contributed by atoms with E-state index in [1.54, 1.807) is 12.1 Å². The van der Waals surface area contributed by atoms with Crippen LogP contribution in [0.5, 0.6) is 5.75 Å². The highest BCUT2D eigenvalue weighted by Crippen LogP contribution is 2.24. The molecule has 3 aromatic rings. The molecule has 1 N–H and O–H groups in total. The molecule has 146 valence electrons. The lowest BCUT2D eigenvalue weighted by Gasteiger charge is -2.08. The molecule has 1 amide bonds. The van der Waals surface area contributed by atoms with Gasteiger partial charge in [0.05, 0.1) is 10.8 Å². The van der Waals surface area contributed by atoms with Crippen molar-refractivity contribution in [1.82, 2.24) is 14.8 Å². The highest BCUT2D eigenvalue weighted by atomic mass is 35.5. The second-order valence-electron chi connectivity index (χ2n) is 6.07. The Bertz CT molecular complexity index is 961. The number of nitrogens with zero attached hydrogens (tertiary/aromatic N) is 3. The van der Waals surface area contributed by atoms with Crippen molar-refractivity contribution in [2.24, 2.45) is 7.05 Å². The standard InChI is InChI=1S/C20H21ClN4O2S/c1-3-14-7-6-8-15(11-14)22-19(26)13-28-20-24-23-18(25(20)2)12-27-17-10-5-4-9-16(17)21/h4-11H,3,12-13H2,1-2H3,(H,22,26). The van der Waals surface area contributed by atoms with Crippen LogP contribution in [0.3, 0.4) is 0 Å². The molecular weight excluding hydrogens is 396 g/mol. The molecule has 0 radical (unpaired) electrons. The van der Waals surface area contributed by atoms with Gasteiger partial charge in [0.25, 0.3) is 0 Å². The first-order valence-electron chi connectivity index (χ1n) is 8.84. The summed E-state index contributed by atoms with van der Waals surface area (Å²) in [6, 6.07) is 15.1. The zero-order chi connectivity index (χ0) is 19.9. The molecule has 1 heterocycles. The van der Waals surface area contributed by atoms with E-state index < -0.39 is 0 Å². The number of carbonyl (C=O) groups excluding carboxylic acids is 1. The Morgan fingerprint density at radius 1 is 1.21 bits per heavy atom. The van der Waals surface area contributed by atoms with Crippen molar-refractivity contribution in [2.45, 2.75) is 25.1 Å². The highest BCUT2D eigenvalue weighted by molar-refractivity contribution is 7.99. The van der Waals surface area contributed by atoms with Crippen LogP contribution in [0.15, 0.2) is 53.7 Å². The maximum atomic E-state index is 12.2. The van der Waals surface area contributed by atoms with Crippen LogP contribution >= 0.6 is 23.4 Å². The van der Waals surface area contributed by atoms with E-state index in [0.29, 0.717) is 21.8 Å². The van der Waals surface area contributed by atoms with Crippen LogP contribution < -0.4 is 10.1 Å². The summed E-state index contributed by atoms with van der Waals surface area (Å²) in [5, 5.41) is 12.4. The Morgan fingerprint density at radius 3 is 2.82 bits per heavy atom. The van der Waals surface area contributed by atoms with Crippen molar-refractivity contribution in [2.75, 3.05) is 11.1 Å². The Kier molecular flexibility index (Phi) is 6.95. The molecule has 0 aliphatic carbocycles. The molecule has 3 rings (SSSR count). The number of ether oxygens (including phenoxy) is 1. The van der Waals surface area contributed by atoms with Gasteiger partial charge >= 0.3 is 0 Å². The van der Waals surface area contributed by atoms with Crippen molar-refractivity contribution in [3.63, 3.8) is 0 Å². The normalized spacial score (nSPS) is 10.7. The van der Waals surface area contributed by atoms with Crippen LogP contribution in [0.2, 0.25) is 5.02 Å². The quantitative estimate of drug-likeness (QED) is 0.553. The number of hydrogen-bond donors (Lipinski definition) is 1. The van der Waals surface area contributed by atoms with E-state index >= 15 is 0 Å². The lowest BCUT2D eigenvalue weighted by Crippen LogP contribution is -2.14. The molecule has 0 aliphatic heterocycles. The maximum absolute atomic E-state index is 12.2. The van der Waals surface area contributed by atoms with E-state index in [9.17, 15) is 4.79 Å². The van der Waals surface area contributed by atoms with Crippen LogP contribution in [-0.4, -0.2) is 26.4 Å². The van der Waals surface area contributed by atoms with Crippen LogP contribution in [0, 0.1) is 0 Å². The third kappa shape index (κ3) is 5.27. The van der Waals surface area contributed by atoms with Crippen molar-refractivity contribution in [1.29, 1.82) is 0 Å². The van der Waals surface area contributed by atoms with Crippen LogP contribution in [0.25, 0.3) is 0 Å². The van der Waals surface area contributed by atoms with Gasteiger partial charge in [0.1, 0.15) is 12.4 Å². The topological polar surface area (TPSA) is 69.0 Å². The summed E-state index contributed by atoms with van der Waals surface area (Å²) < 4.78 is 7.51. The predicted molar refractivity (Wildman–Crippen MR) is 112 cm³/mol. The molecule has 0 bridgehead atoms. The first-order chi connectivity index (χ1) is 13.6. The van der Waals surface area contributed by atoms with Crippen molar-refractivity contribution in [3.8, 4) is 5.75 Å². The number of aryl methyl sites for hydroxylation is 1. The highest BCUT2D eigenvalue weighted by Gasteiger charge is 2.13. The molecule has 28 heavy (non-hydrogen) atoms. The fraction of sp³-hybridized carbons (Fsp3) is 0.250. The van der Waals surface area contributed by atoms with E-state index in [1.807, 2.05) is 48.0 Å². The number of benzene rings is 2. The number of rotatable bonds is 8. The minimum Gasteiger partial charge on any atom is -0.484 e. The largest absolute Gasteiger partial charge is 0.484 e. The molecule has 8 heteroatoms. The molecule has 0 saturated heterocycles. The van der Waals surface area contributed by atoms with E-state index in [4.69, 9.17) is 16.3 Å². The van der Waals surface area contributed by atoms with Crippen molar-refractivity contribution < 1.29 is 9.53 Å². The Labute approximate surface area is 173 Å². The van der Waals surface area contributed by atoms with Crippen molar-refractivity contribution >= 4 is 35.0 Å². The van der Waals surface area contributed by atoms with Gasteiger partial charge in [-0.1, -0.05) is 54.6 Å². The number of amides is 1. The van der Waals surface area contributed by atoms with Gasteiger partial charge in [0.2, 0.25) is 5.91 Å². The summed E-state index contributed by atoms with van der Waals surface area (Å²) in [6.45, 7) is 2.32. The zero-order valence-electron chi connectivity index (χ0n) is 15.7. The third-order valence-corrected chi connectivity index (χ3v) is 5.40. The number of nitrogens with one attached hydrogen (secondary N) is 1. The number of para-hydroxylation sites is 1. The van der Waals surface area contributed by atoms with Crippen molar-refractivity contribution in [3.05, 3.63) is 64.9 Å². The Balaban J connectivity index is 1.53. The molecular formula is C20H21ClN4O2S. The second-order valence-corrected chi connectivity index (χ2v) is 7.42. The fourth-order valence-electron chi connectivity index (χ4n) is 2.50. The molecule has 0 spiro atoms. The molecule has 0 atom stereocenters. The summed E-state index contributed by atoms with van der Waals surface area (Å²) >= 11 is 7.41. The SMILES string of the molecule is CCc1cccc(NC(=O)CSc2nnc(COc3ccccc3Cl)n2C)c1. The van der Waals surface area contributed by atoms with Crippen LogP contribution in [0.4, 0.5) is 5.69 Å². The molecule has 0 aliphatic rings. The number of halogens is 1. The average Bonchev–Trinajstić information content (AvgIpc) is 3.05. The third-order valence-electron chi connectivity index (χ3n) is 4.07. The van der Waals surface area contributed by atoms with E-state index in [0.717, 1.165) is 12.1 Å². The van der Waals surface area contributed by atoms with Gasteiger partial charge in [0, 0.05) is 12.7 Å². The Hall–Kier alpha value is -2.51. The van der Waals surface area contributed by atoms with Crippen LogP contribution in [0.1, 0.15) is 18.3 Å². The lowest BCUT2D eigenvalue weighted by atomic mass is 10.1. The first kappa shape index (κ1) is 20.2. The van der Waals surface area contributed by atoms with Gasteiger partial charge in [0.15, 0.2) is 11.0 Å². The van der Waals surface area contributed by atoms with Gasteiger partial charge < -0.3 is 14.6 Å². The zero-order valence-corrected chi connectivity index (χ0v) is 17.3. The Morgan fingerprint density at radius 2 is 2.04 bits per heavy atom. The predicted octanol–water partition coefficient (Wildman–Crippen LogP) is 4.34. The van der Waals surface area contributed by atoms with E-state index in [2.05, 4.69) is 22.4 Å². The number of anilines is 1. The van der Waals surface area contributed by atoms with Gasteiger partial charge in [-0.25, -0.2) is 0 Å². The molecule has 0 fully saturated rings. The maximum Gasteiger partial charge on any atom is 0.234 e. The van der Waals surface area contributed by atoms with Crippen LogP contribution in [-0.2, 0) is 24.9 Å². The molecule has 1 aromatic heterocycles. The molecule has 6 nitrogen and oxygen atoms in total. The monoisotopic (exact) mass is 416 g/mol. The fourth-order valence-corrected chi connectivity index (χ4v) is 3.42. The number of carbonyl (C=O) groups is 1. The first-order valence-corrected chi connectivity index (χ1v) is 10.2. The van der Waals surface area contributed by atoms with E-state index in [-0.39, 0.29) is 18.3 Å². The van der Waals surface area contributed by atoms with Gasteiger partial charge in [-0.2, -0.15) is 0 Å². The molecule has 0 saturated carbocycles. The lowest BCUT2D eigenvalue weighted by molar-refractivity contribution is -0.113. The molecule has 0 unspecified atom stereocenters. The summed E-state index contributed by atoms with van der Waals surface area (Å²) in [5.41, 5.74) is 1.98. The second kappa shape index (κ2) is 9.61. The number of thioether (sulfide) groups is 1. The van der Waals surface area contributed by atoms with Gasteiger partial charge in [-0.15, -0.1) is 10.2 Å². The number of hydrogen-bond acceptors (Lipinski definition) is 5. The van der Waals surface area contributed by atoms with Gasteiger partial charge in [-0.05, 0) is 36.2 Å².